The molecule has 0 radical (unpaired) electrons. The summed E-state index contributed by atoms with van der Waals surface area (Å²) in [5.41, 5.74) is 2.73. The molecule has 4 rings (SSSR count). The second-order valence-electron chi connectivity index (χ2n) is 5.80. The fourth-order valence-electron chi connectivity index (χ4n) is 2.75. The monoisotopic (exact) mass is 373 g/mol. The van der Waals surface area contributed by atoms with Crippen molar-refractivity contribution in [3.05, 3.63) is 76.9 Å². The molecule has 0 unspecified atom stereocenters. The first-order valence-corrected chi connectivity index (χ1v) is 8.44. The van der Waals surface area contributed by atoms with Crippen LogP contribution in [0.4, 0.5) is 5.82 Å². The fraction of sp³-hybridized carbons (Fsp3) is 0. The van der Waals surface area contributed by atoms with E-state index in [1.165, 1.54) is 0 Å². The van der Waals surface area contributed by atoms with Crippen LogP contribution in [0.1, 0.15) is 15.9 Å². The molecule has 0 fully saturated rings. The lowest BCUT2D eigenvalue weighted by Crippen LogP contribution is -2.13. The number of rotatable bonds is 3. The largest absolute Gasteiger partial charge is 0.338 e. The summed E-state index contributed by atoms with van der Waals surface area (Å²) in [4.78, 5) is 24.5. The molecule has 0 saturated carbocycles. The molecule has 0 bridgehead atoms. The summed E-state index contributed by atoms with van der Waals surface area (Å²) < 4.78 is 0. The predicted molar refractivity (Wildman–Crippen MR) is 103 cm³/mol. The Bertz CT molecular complexity index is 1190. The number of imidazole rings is 1. The number of benzene rings is 2. The molecule has 0 atom stereocenters. The van der Waals surface area contributed by atoms with Gasteiger partial charge in [-0.2, -0.15) is 5.26 Å². The van der Waals surface area contributed by atoms with Gasteiger partial charge < -0.3 is 10.3 Å². The number of nitriles is 1. The molecule has 1 amide bonds. The second kappa shape index (κ2) is 6.90. The number of aromatic amines is 1. The highest BCUT2D eigenvalue weighted by Crippen LogP contribution is 2.27. The summed E-state index contributed by atoms with van der Waals surface area (Å²) in [6, 6.07) is 17.7. The third-order valence-corrected chi connectivity index (χ3v) is 4.19. The molecule has 130 valence electrons. The number of carbonyl (C=O) groups excluding carboxylic acids is 1. The van der Waals surface area contributed by atoms with Gasteiger partial charge in [0.2, 0.25) is 0 Å². The zero-order valence-electron chi connectivity index (χ0n) is 13.9. The number of anilines is 1. The van der Waals surface area contributed by atoms with E-state index in [9.17, 15) is 4.79 Å². The molecular weight excluding hydrogens is 362 g/mol. The van der Waals surface area contributed by atoms with Crippen LogP contribution in [-0.2, 0) is 0 Å². The zero-order chi connectivity index (χ0) is 18.8. The van der Waals surface area contributed by atoms with Gasteiger partial charge in [-0.1, -0.05) is 29.8 Å². The Balaban J connectivity index is 1.78. The van der Waals surface area contributed by atoms with Crippen LogP contribution in [0.15, 0.2) is 60.8 Å². The minimum Gasteiger partial charge on any atom is -0.338 e. The van der Waals surface area contributed by atoms with Crippen molar-refractivity contribution in [1.29, 1.82) is 5.26 Å². The minimum atomic E-state index is -0.356. The van der Waals surface area contributed by atoms with Crippen LogP contribution in [0.25, 0.3) is 22.4 Å². The third-order valence-electron chi connectivity index (χ3n) is 3.97. The SMILES string of the molecule is N#Cc1cccc(-c2nc3c(C(=O)Nc4ccccn4)cc(Cl)cc3[nH]2)c1. The van der Waals surface area contributed by atoms with Gasteiger partial charge in [-0.15, -0.1) is 0 Å². The van der Waals surface area contributed by atoms with Crippen molar-refractivity contribution in [2.24, 2.45) is 0 Å². The molecule has 2 heterocycles. The van der Waals surface area contributed by atoms with Crippen molar-refractivity contribution in [3.8, 4) is 17.5 Å². The van der Waals surface area contributed by atoms with Gasteiger partial charge in [0.25, 0.3) is 5.91 Å². The average Bonchev–Trinajstić information content (AvgIpc) is 3.12. The molecule has 4 aromatic rings. The Hall–Kier alpha value is -3.69. The maximum atomic E-state index is 12.7. The number of carbonyl (C=O) groups is 1. The average molecular weight is 374 g/mol. The van der Waals surface area contributed by atoms with Crippen molar-refractivity contribution in [3.63, 3.8) is 0 Å². The molecule has 6 nitrogen and oxygen atoms in total. The smallest absolute Gasteiger partial charge is 0.259 e. The van der Waals surface area contributed by atoms with E-state index in [4.69, 9.17) is 16.9 Å². The number of nitrogens with zero attached hydrogens (tertiary/aromatic N) is 3. The van der Waals surface area contributed by atoms with Crippen molar-refractivity contribution in [2.75, 3.05) is 5.32 Å². The normalized spacial score (nSPS) is 10.5. The quantitative estimate of drug-likeness (QED) is 0.556. The summed E-state index contributed by atoms with van der Waals surface area (Å²) in [6.07, 6.45) is 1.60. The summed E-state index contributed by atoms with van der Waals surface area (Å²) in [5.74, 6) is 0.634. The molecule has 0 aliphatic heterocycles. The van der Waals surface area contributed by atoms with E-state index in [0.717, 1.165) is 5.56 Å². The summed E-state index contributed by atoms with van der Waals surface area (Å²) in [5, 5.41) is 12.2. The molecule has 0 spiro atoms. The number of halogens is 1. The van der Waals surface area contributed by atoms with E-state index in [0.29, 0.717) is 38.8 Å². The Morgan fingerprint density at radius 2 is 2.04 bits per heavy atom. The number of amides is 1. The number of hydrogen-bond donors (Lipinski definition) is 2. The van der Waals surface area contributed by atoms with Crippen molar-refractivity contribution < 1.29 is 4.79 Å². The standard InChI is InChI=1S/C20H12ClN5O/c21-14-9-15(20(27)25-17-6-1-2-7-23-17)18-16(10-14)24-19(26-18)13-5-3-4-12(8-13)11-22/h1-10H,(H,24,26)(H,23,25,27). The Morgan fingerprint density at radius 3 is 2.81 bits per heavy atom. The lowest BCUT2D eigenvalue weighted by molar-refractivity contribution is 0.102. The summed E-state index contributed by atoms with van der Waals surface area (Å²) in [7, 11) is 0. The van der Waals surface area contributed by atoms with E-state index >= 15 is 0 Å². The first-order chi connectivity index (χ1) is 13.1. The van der Waals surface area contributed by atoms with Crippen LogP contribution in [0.3, 0.4) is 0 Å². The van der Waals surface area contributed by atoms with E-state index in [2.05, 4.69) is 26.3 Å². The lowest BCUT2D eigenvalue weighted by atomic mass is 10.1. The molecule has 0 aliphatic carbocycles. The second-order valence-corrected chi connectivity index (χ2v) is 6.23. The highest BCUT2D eigenvalue weighted by molar-refractivity contribution is 6.32. The van der Waals surface area contributed by atoms with Crippen molar-refractivity contribution in [1.82, 2.24) is 15.0 Å². The van der Waals surface area contributed by atoms with Gasteiger partial charge in [-0.25, -0.2) is 9.97 Å². The van der Waals surface area contributed by atoms with Crippen LogP contribution in [0.5, 0.6) is 0 Å². The predicted octanol–water partition coefficient (Wildman–Crippen LogP) is 4.40. The Labute approximate surface area is 159 Å². The third kappa shape index (κ3) is 3.36. The number of H-pyrrole nitrogens is 1. The molecular formula is C20H12ClN5O. The van der Waals surface area contributed by atoms with E-state index in [-0.39, 0.29) is 5.91 Å². The highest BCUT2D eigenvalue weighted by atomic mass is 35.5. The maximum absolute atomic E-state index is 12.7. The Kier molecular flexibility index (Phi) is 4.29. The first kappa shape index (κ1) is 16.8. The maximum Gasteiger partial charge on any atom is 0.259 e. The topological polar surface area (TPSA) is 94.5 Å². The number of pyridine rings is 1. The number of fused-ring (bicyclic) bond motifs is 1. The van der Waals surface area contributed by atoms with Gasteiger partial charge >= 0.3 is 0 Å². The van der Waals surface area contributed by atoms with Gasteiger partial charge in [0, 0.05) is 16.8 Å². The minimum absolute atomic E-state index is 0.335. The van der Waals surface area contributed by atoms with Crippen LogP contribution >= 0.6 is 11.6 Å². The van der Waals surface area contributed by atoms with Crippen molar-refractivity contribution in [2.45, 2.75) is 0 Å². The van der Waals surface area contributed by atoms with E-state index < -0.39 is 0 Å². The van der Waals surface area contributed by atoms with E-state index in [1.54, 1.807) is 54.7 Å². The van der Waals surface area contributed by atoms with Crippen LogP contribution in [-0.4, -0.2) is 20.9 Å². The molecule has 0 aliphatic rings. The van der Waals surface area contributed by atoms with E-state index in [1.807, 2.05) is 6.07 Å². The molecule has 7 heteroatoms. The first-order valence-electron chi connectivity index (χ1n) is 8.06. The van der Waals surface area contributed by atoms with Gasteiger partial charge in [0.15, 0.2) is 0 Å². The molecule has 2 aromatic heterocycles. The molecule has 0 saturated heterocycles. The number of aromatic nitrogens is 3. The number of nitrogens with one attached hydrogen (secondary N) is 2. The molecule has 2 N–H and O–H groups in total. The fourth-order valence-corrected chi connectivity index (χ4v) is 2.97. The number of hydrogen-bond acceptors (Lipinski definition) is 4. The lowest BCUT2D eigenvalue weighted by Gasteiger charge is -2.05. The zero-order valence-corrected chi connectivity index (χ0v) is 14.7. The van der Waals surface area contributed by atoms with Gasteiger partial charge in [0.1, 0.15) is 17.2 Å². The van der Waals surface area contributed by atoms with Gasteiger partial charge in [-0.05, 0) is 36.4 Å². The van der Waals surface area contributed by atoms with Crippen molar-refractivity contribution >= 4 is 34.4 Å². The van der Waals surface area contributed by atoms with Crippen LogP contribution < -0.4 is 5.32 Å². The van der Waals surface area contributed by atoms with Crippen LogP contribution in [0.2, 0.25) is 5.02 Å². The Morgan fingerprint density at radius 1 is 1.15 bits per heavy atom. The summed E-state index contributed by atoms with van der Waals surface area (Å²) >= 11 is 6.19. The van der Waals surface area contributed by atoms with Gasteiger partial charge in [0.05, 0.1) is 22.7 Å². The molecule has 27 heavy (non-hydrogen) atoms. The highest BCUT2D eigenvalue weighted by Gasteiger charge is 2.17. The van der Waals surface area contributed by atoms with Gasteiger partial charge in [-0.3, -0.25) is 4.79 Å². The molecule has 2 aromatic carbocycles. The van der Waals surface area contributed by atoms with Crippen LogP contribution in [0, 0.1) is 11.3 Å². The summed E-state index contributed by atoms with van der Waals surface area (Å²) in [6.45, 7) is 0.